The van der Waals surface area contributed by atoms with Crippen molar-refractivity contribution in [2.45, 2.75) is 6.18 Å². The first-order valence-corrected chi connectivity index (χ1v) is 9.27. The Morgan fingerprint density at radius 1 is 0.935 bits per heavy atom. The van der Waals surface area contributed by atoms with E-state index in [-0.39, 0.29) is 18.8 Å². The summed E-state index contributed by atoms with van der Waals surface area (Å²) in [5.41, 5.74) is -0.656. The lowest BCUT2D eigenvalue weighted by Crippen LogP contribution is -2.36. The van der Waals surface area contributed by atoms with E-state index in [1.807, 2.05) is 0 Å². The summed E-state index contributed by atoms with van der Waals surface area (Å²) in [4.78, 5) is 25.8. The number of likely N-dealkylation sites (N-methyl/N-ethyl adjacent to an activating group) is 1. The molecule has 0 aromatic heterocycles. The van der Waals surface area contributed by atoms with Gasteiger partial charge in [-0.2, -0.15) is 13.2 Å². The lowest BCUT2D eigenvalue weighted by atomic mass is 10.2. The molecule has 0 saturated carbocycles. The Hall–Kier alpha value is -2.98. The van der Waals surface area contributed by atoms with Crippen molar-refractivity contribution in [3.05, 3.63) is 47.0 Å². The van der Waals surface area contributed by atoms with Crippen LogP contribution in [0.5, 0.6) is 11.5 Å². The first-order valence-electron chi connectivity index (χ1n) is 8.90. The second-order valence-corrected chi connectivity index (χ2v) is 6.97. The van der Waals surface area contributed by atoms with Gasteiger partial charge in [0.15, 0.2) is 0 Å². The number of nitrogens with zero attached hydrogens (tertiary/aromatic N) is 1. The van der Waals surface area contributed by atoms with E-state index in [1.165, 1.54) is 32.2 Å². The minimum atomic E-state index is -4.64. The van der Waals surface area contributed by atoms with Crippen molar-refractivity contribution in [3.63, 3.8) is 0 Å². The Kier molecular flexibility index (Phi) is 8.12. The molecule has 0 aliphatic carbocycles. The molecular formula is C20H21ClF3N3O4. The van der Waals surface area contributed by atoms with Gasteiger partial charge in [-0.1, -0.05) is 11.6 Å². The molecule has 7 nitrogen and oxygen atoms in total. The van der Waals surface area contributed by atoms with Crippen LogP contribution >= 0.6 is 11.6 Å². The van der Waals surface area contributed by atoms with Gasteiger partial charge in [0.2, 0.25) is 11.8 Å². The number of benzene rings is 2. The molecule has 31 heavy (non-hydrogen) atoms. The number of hydrogen-bond donors (Lipinski definition) is 2. The van der Waals surface area contributed by atoms with E-state index in [0.717, 1.165) is 12.1 Å². The van der Waals surface area contributed by atoms with Crippen molar-refractivity contribution >= 4 is 34.8 Å². The summed E-state index contributed by atoms with van der Waals surface area (Å²) in [5.74, 6) is -0.0163. The zero-order valence-electron chi connectivity index (χ0n) is 17.0. The number of halogens is 4. The fraction of sp³-hybridized carbons (Fsp3) is 0.300. The van der Waals surface area contributed by atoms with E-state index in [2.05, 4.69) is 10.6 Å². The Morgan fingerprint density at radius 2 is 1.45 bits per heavy atom. The van der Waals surface area contributed by atoms with Gasteiger partial charge in [0.1, 0.15) is 11.5 Å². The average Bonchev–Trinajstić information content (AvgIpc) is 2.67. The molecule has 0 unspecified atom stereocenters. The van der Waals surface area contributed by atoms with E-state index in [1.54, 1.807) is 18.2 Å². The molecule has 0 aliphatic heterocycles. The zero-order valence-corrected chi connectivity index (χ0v) is 17.7. The smallest absolute Gasteiger partial charge is 0.417 e. The molecule has 0 saturated heterocycles. The van der Waals surface area contributed by atoms with E-state index < -0.39 is 28.6 Å². The highest BCUT2D eigenvalue weighted by molar-refractivity contribution is 6.31. The van der Waals surface area contributed by atoms with Gasteiger partial charge in [-0.15, -0.1) is 0 Å². The maximum absolute atomic E-state index is 12.9. The maximum Gasteiger partial charge on any atom is 0.417 e. The largest absolute Gasteiger partial charge is 0.497 e. The molecule has 2 aromatic rings. The van der Waals surface area contributed by atoms with Gasteiger partial charge in [-0.25, -0.2) is 0 Å². The number of anilines is 2. The number of rotatable bonds is 8. The normalized spacial score (nSPS) is 11.2. The molecule has 2 rings (SSSR count). The molecule has 0 fully saturated rings. The van der Waals surface area contributed by atoms with Crippen molar-refractivity contribution in [2.24, 2.45) is 0 Å². The third kappa shape index (κ3) is 7.34. The maximum atomic E-state index is 12.9. The van der Waals surface area contributed by atoms with Crippen LogP contribution in [-0.4, -0.2) is 51.1 Å². The van der Waals surface area contributed by atoms with Gasteiger partial charge < -0.3 is 20.1 Å². The fourth-order valence-corrected chi connectivity index (χ4v) is 2.87. The molecule has 11 heteroatoms. The fourth-order valence-electron chi connectivity index (χ4n) is 2.65. The summed E-state index contributed by atoms with van der Waals surface area (Å²) in [6.07, 6.45) is -4.64. The minimum Gasteiger partial charge on any atom is -0.497 e. The van der Waals surface area contributed by atoms with Crippen molar-refractivity contribution in [1.29, 1.82) is 0 Å². The van der Waals surface area contributed by atoms with Crippen molar-refractivity contribution in [2.75, 3.05) is 45.0 Å². The van der Waals surface area contributed by atoms with Crippen LogP contribution in [0.3, 0.4) is 0 Å². The molecule has 0 radical (unpaired) electrons. The highest BCUT2D eigenvalue weighted by atomic mass is 35.5. The van der Waals surface area contributed by atoms with E-state index in [4.69, 9.17) is 21.1 Å². The second-order valence-electron chi connectivity index (χ2n) is 6.56. The number of nitrogens with one attached hydrogen (secondary N) is 2. The molecule has 2 aromatic carbocycles. The summed E-state index contributed by atoms with van der Waals surface area (Å²) in [7, 11) is 4.48. The number of hydrogen-bond acceptors (Lipinski definition) is 5. The zero-order chi connectivity index (χ0) is 23.2. The van der Waals surface area contributed by atoms with Crippen molar-refractivity contribution in [1.82, 2.24) is 4.90 Å². The lowest BCUT2D eigenvalue weighted by molar-refractivity contribution is -0.137. The highest BCUT2D eigenvalue weighted by Crippen LogP contribution is 2.36. The van der Waals surface area contributed by atoms with Crippen molar-refractivity contribution in [3.8, 4) is 11.5 Å². The molecule has 2 amide bonds. The number of ether oxygens (including phenoxy) is 2. The second kappa shape index (κ2) is 10.4. The molecule has 0 heterocycles. The molecule has 168 valence electrons. The van der Waals surface area contributed by atoms with Gasteiger partial charge in [0.05, 0.1) is 37.9 Å². The average molecular weight is 460 g/mol. The Balaban J connectivity index is 1.93. The Morgan fingerprint density at radius 3 is 1.94 bits per heavy atom. The molecule has 2 N–H and O–H groups in total. The lowest BCUT2D eigenvalue weighted by Gasteiger charge is -2.17. The minimum absolute atomic E-state index is 0.0527. The van der Waals surface area contributed by atoms with Crippen LogP contribution in [-0.2, 0) is 15.8 Å². The Labute approximate surface area is 182 Å². The summed E-state index contributed by atoms with van der Waals surface area (Å²) < 4.78 is 49.1. The number of alkyl halides is 3. The van der Waals surface area contributed by atoms with Gasteiger partial charge in [-0.05, 0) is 25.2 Å². The molecule has 0 spiro atoms. The van der Waals surface area contributed by atoms with Gasteiger partial charge in [0.25, 0.3) is 0 Å². The highest BCUT2D eigenvalue weighted by Gasteiger charge is 2.33. The van der Waals surface area contributed by atoms with Crippen LogP contribution in [0, 0.1) is 0 Å². The van der Waals surface area contributed by atoms with E-state index in [0.29, 0.717) is 17.2 Å². The van der Waals surface area contributed by atoms with Crippen LogP contribution < -0.4 is 20.1 Å². The third-order valence-electron chi connectivity index (χ3n) is 4.02. The van der Waals surface area contributed by atoms with Crippen LogP contribution in [0.4, 0.5) is 24.5 Å². The molecular weight excluding hydrogens is 439 g/mol. The summed E-state index contributed by atoms with van der Waals surface area (Å²) in [5, 5.41) is 4.56. The SMILES string of the molecule is COc1cc(NC(=O)CN(C)CC(=O)Nc2ccc(Cl)c(C(F)(F)F)c2)cc(OC)c1. The Bertz CT molecular complexity index is 932. The van der Waals surface area contributed by atoms with Crippen LogP contribution in [0.15, 0.2) is 36.4 Å². The quantitative estimate of drug-likeness (QED) is 0.626. The molecule has 0 bridgehead atoms. The predicted octanol–water partition coefficient (Wildman–Crippen LogP) is 3.89. The summed E-state index contributed by atoms with van der Waals surface area (Å²) in [6, 6.07) is 7.92. The van der Waals surface area contributed by atoms with Gasteiger partial charge in [-0.3, -0.25) is 14.5 Å². The monoisotopic (exact) mass is 459 g/mol. The number of carbonyl (C=O) groups excluding carboxylic acids is 2. The van der Waals surface area contributed by atoms with Crippen LogP contribution in [0.2, 0.25) is 5.02 Å². The van der Waals surface area contributed by atoms with Gasteiger partial charge in [0, 0.05) is 29.6 Å². The van der Waals surface area contributed by atoms with Crippen molar-refractivity contribution < 1.29 is 32.2 Å². The summed E-state index contributed by atoms with van der Waals surface area (Å²) >= 11 is 5.56. The molecule has 0 aliphatic rings. The first-order chi connectivity index (χ1) is 14.5. The van der Waals surface area contributed by atoms with Crippen LogP contribution in [0.25, 0.3) is 0 Å². The van der Waals surface area contributed by atoms with Crippen LogP contribution in [0.1, 0.15) is 5.56 Å². The summed E-state index contributed by atoms with van der Waals surface area (Å²) in [6.45, 7) is -0.361. The molecule has 0 atom stereocenters. The topological polar surface area (TPSA) is 79.9 Å². The number of carbonyl (C=O) groups is 2. The number of amides is 2. The van der Waals surface area contributed by atoms with Gasteiger partial charge >= 0.3 is 6.18 Å². The van der Waals surface area contributed by atoms with E-state index in [9.17, 15) is 22.8 Å². The predicted molar refractivity (Wildman–Crippen MR) is 111 cm³/mol. The third-order valence-corrected chi connectivity index (χ3v) is 4.35. The van der Waals surface area contributed by atoms with E-state index >= 15 is 0 Å². The number of methoxy groups -OCH3 is 2. The first kappa shape index (κ1) is 24.3. The standard InChI is InChI=1S/C20H21ClF3N3O4/c1-27(11-19(29)26-13-6-14(30-2)9-15(7-13)31-3)10-18(28)25-12-4-5-17(21)16(8-12)20(22,23)24/h4-9H,10-11H2,1-3H3,(H,25,28)(H,26,29).